The fourth-order valence-corrected chi connectivity index (χ4v) is 2.29. The first kappa shape index (κ1) is 13.2. The Bertz CT molecular complexity index is 403. The number of nitrogens with zero attached hydrogens (tertiary/aromatic N) is 1. The third-order valence-corrected chi connectivity index (χ3v) is 3.18. The standard InChI is InChI=1S/C13H17F3N2/c1-10-4-2-5-11(8-10)18-7-3-6-17-9-12(18)13(14,15)16/h2,4-5,8,12,17H,3,6-7,9H2,1H3. The topological polar surface area (TPSA) is 15.3 Å². The van der Waals surface area contributed by atoms with Crippen molar-refractivity contribution in [1.82, 2.24) is 5.32 Å². The predicted molar refractivity (Wildman–Crippen MR) is 65.9 cm³/mol. The van der Waals surface area contributed by atoms with Gasteiger partial charge in [0.2, 0.25) is 0 Å². The van der Waals surface area contributed by atoms with Crippen molar-refractivity contribution in [2.45, 2.75) is 25.6 Å². The van der Waals surface area contributed by atoms with Crippen molar-refractivity contribution in [3.05, 3.63) is 29.8 Å². The monoisotopic (exact) mass is 258 g/mol. The molecule has 0 aromatic heterocycles. The minimum Gasteiger partial charge on any atom is -0.359 e. The normalized spacial score (nSPS) is 21.8. The molecule has 0 aliphatic carbocycles. The number of alkyl halides is 3. The molecule has 0 radical (unpaired) electrons. The Morgan fingerprint density at radius 3 is 2.78 bits per heavy atom. The molecular weight excluding hydrogens is 241 g/mol. The van der Waals surface area contributed by atoms with Crippen molar-refractivity contribution < 1.29 is 13.2 Å². The zero-order chi connectivity index (χ0) is 13.2. The highest BCUT2D eigenvalue weighted by atomic mass is 19.4. The Morgan fingerprint density at radius 2 is 2.11 bits per heavy atom. The van der Waals surface area contributed by atoms with Crippen LogP contribution in [0.4, 0.5) is 18.9 Å². The molecule has 18 heavy (non-hydrogen) atoms. The van der Waals surface area contributed by atoms with Gasteiger partial charge in [-0.25, -0.2) is 0 Å². The number of benzene rings is 1. The van der Waals surface area contributed by atoms with Gasteiger partial charge in [0.05, 0.1) is 0 Å². The van der Waals surface area contributed by atoms with E-state index in [0.717, 1.165) is 12.0 Å². The van der Waals surface area contributed by atoms with Crippen LogP contribution in [0.5, 0.6) is 0 Å². The van der Waals surface area contributed by atoms with Crippen molar-refractivity contribution >= 4 is 5.69 Å². The van der Waals surface area contributed by atoms with Gasteiger partial charge in [0, 0.05) is 18.8 Å². The molecule has 2 rings (SSSR count). The highest BCUT2D eigenvalue weighted by Gasteiger charge is 2.44. The number of nitrogens with one attached hydrogen (secondary N) is 1. The summed E-state index contributed by atoms with van der Waals surface area (Å²) >= 11 is 0. The van der Waals surface area contributed by atoms with Crippen LogP contribution in [-0.2, 0) is 0 Å². The summed E-state index contributed by atoms with van der Waals surface area (Å²) in [6.45, 7) is 2.91. The molecule has 5 heteroatoms. The Kier molecular flexibility index (Phi) is 3.80. The lowest BCUT2D eigenvalue weighted by atomic mass is 10.1. The SMILES string of the molecule is Cc1cccc(N2CCCNCC2C(F)(F)F)c1. The summed E-state index contributed by atoms with van der Waals surface area (Å²) in [6, 6.07) is 5.81. The molecule has 1 N–H and O–H groups in total. The van der Waals surface area contributed by atoms with Crippen LogP contribution >= 0.6 is 0 Å². The second kappa shape index (κ2) is 5.18. The molecule has 0 bridgehead atoms. The Balaban J connectivity index is 2.31. The molecule has 1 heterocycles. The molecule has 1 aromatic carbocycles. The number of hydrogen-bond acceptors (Lipinski definition) is 2. The summed E-state index contributed by atoms with van der Waals surface area (Å²) in [7, 11) is 0. The third-order valence-electron chi connectivity index (χ3n) is 3.18. The first-order valence-corrected chi connectivity index (χ1v) is 6.09. The van der Waals surface area contributed by atoms with E-state index in [2.05, 4.69) is 5.32 Å². The maximum Gasteiger partial charge on any atom is 0.409 e. The number of hydrogen-bond donors (Lipinski definition) is 1. The van der Waals surface area contributed by atoms with Gasteiger partial charge in [-0.1, -0.05) is 12.1 Å². The molecule has 1 atom stereocenters. The van der Waals surface area contributed by atoms with Gasteiger partial charge in [0.1, 0.15) is 6.04 Å². The van der Waals surface area contributed by atoms with Crippen LogP contribution in [0.3, 0.4) is 0 Å². The van der Waals surface area contributed by atoms with Gasteiger partial charge in [0.25, 0.3) is 0 Å². The molecule has 1 fully saturated rings. The van der Waals surface area contributed by atoms with E-state index >= 15 is 0 Å². The molecule has 1 aliphatic heterocycles. The zero-order valence-corrected chi connectivity index (χ0v) is 10.3. The predicted octanol–water partition coefficient (Wildman–Crippen LogP) is 2.73. The van der Waals surface area contributed by atoms with E-state index in [1.165, 1.54) is 4.90 Å². The van der Waals surface area contributed by atoms with E-state index in [9.17, 15) is 13.2 Å². The molecule has 0 saturated carbocycles. The lowest BCUT2D eigenvalue weighted by Crippen LogP contribution is -2.49. The van der Waals surface area contributed by atoms with Gasteiger partial charge < -0.3 is 10.2 Å². The molecule has 1 unspecified atom stereocenters. The van der Waals surface area contributed by atoms with E-state index in [-0.39, 0.29) is 6.54 Å². The molecular formula is C13H17F3N2. The number of anilines is 1. The molecule has 1 saturated heterocycles. The maximum atomic E-state index is 13.1. The molecule has 1 aliphatic rings. The van der Waals surface area contributed by atoms with Crippen molar-refractivity contribution in [2.24, 2.45) is 0 Å². The first-order chi connectivity index (χ1) is 8.48. The van der Waals surface area contributed by atoms with Gasteiger partial charge in [-0.15, -0.1) is 0 Å². The lowest BCUT2D eigenvalue weighted by Gasteiger charge is -2.33. The number of aryl methyl sites for hydroxylation is 1. The molecule has 0 spiro atoms. The minimum absolute atomic E-state index is 0.0442. The molecule has 1 aromatic rings. The van der Waals surface area contributed by atoms with Gasteiger partial charge in [-0.05, 0) is 37.6 Å². The second-order valence-corrected chi connectivity index (χ2v) is 4.65. The van der Waals surface area contributed by atoms with Gasteiger partial charge in [0.15, 0.2) is 0 Å². The smallest absolute Gasteiger partial charge is 0.359 e. The second-order valence-electron chi connectivity index (χ2n) is 4.65. The minimum atomic E-state index is -4.21. The van der Waals surface area contributed by atoms with Crippen LogP contribution in [0, 0.1) is 6.92 Å². The summed E-state index contributed by atoms with van der Waals surface area (Å²) in [5, 5.41) is 2.86. The van der Waals surface area contributed by atoms with E-state index in [1.807, 2.05) is 19.1 Å². The summed E-state index contributed by atoms with van der Waals surface area (Å²) in [4.78, 5) is 1.47. The van der Waals surface area contributed by atoms with E-state index in [1.54, 1.807) is 12.1 Å². The molecule has 2 nitrogen and oxygen atoms in total. The number of halogens is 3. The van der Waals surface area contributed by atoms with Gasteiger partial charge in [-0.3, -0.25) is 0 Å². The first-order valence-electron chi connectivity index (χ1n) is 6.09. The number of rotatable bonds is 1. The largest absolute Gasteiger partial charge is 0.409 e. The average molecular weight is 258 g/mol. The third kappa shape index (κ3) is 2.96. The molecule has 0 amide bonds. The van der Waals surface area contributed by atoms with Crippen molar-refractivity contribution in [3.8, 4) is 0 Å². The van der Waals surface area contributed by atoms with Crippen molar-refractivity contribution in [2.75, 3.05) is 24.5 Å². The van der Waals surface area contributed by atoms with Crippen LogP contribution in [-0.4, -0.2) is 31.9 Å². The molecule has 100 valence electrons. The highest BCUT2D eigenvalue weighted by Crippen LogP contribution is 2.30. The Morgan fingerprint density at radius 1 is 1.33 bits per heavy atom. The van der Waals surface area contributed by atoms with Crippen LogP contribution in [0.2, 0.25) is 0 Å². The van der Waals surface area contributed by atoms with Gasteiger partial charge >= 0.3 is 6.18 Å². The van der Waals surface area contributed by atoms with Crippen LogP contribution in [0.1, 0.15) is 12.0 Å². The van der Waals surface area contributed by atoms with Crippen LogP contribution in [0.15, 0.2) is 24.3 Å². The fraction of sp³-hybridized carbons (Fsp3) is 0.538. The van der Waals surface area contributed by atoms with Crippen LogP contribution in [0.25, 0.3) is 0 Å². The summed E-state index contributed by atoms with van der Waals surface area (Å²) in [5.41, 5.74) is 1.63. The van der Waals surface area contributed by atoms with Crippen molar-refractivity contribution in [3.63, 3.8) is 0 Å². The lowest BCUT2D eigenvalue weighted by molar-refractivity contribution is -0.147. The van der Waals surface area contributed by atoms with E-state index < -0.39 is 12.2 Å². The Labute approximate surface area is 105 Å². The summed E-state index contributed by atoms with van der Waals surface area (Å²) in [6.07, 6.45) is -3.48. The Hall–Kier alpha value is -1.23. The maximum absolute atomic E-state index is 13.1. The van der Waals surface area contributed by atoms with Gasteiger partial charge in [-0.2, -0.15) is 13.2 Å². The fourth-order valence-electron chi connectivity index (χ4n) is 2.29. The highest BCUT2D eigenvalue weighted by molar-refractivity contribution is 5.50. The average Bonchev–Trinajstić information content (AvgIpc) is 2.53. The summed E-state index contributed by atoms with van der Waals surface area (Å²) in [5.74, 6) is 0. The summed E-state index contributed by atoms with van der Waals surface area (Å²) < 4.78 is 39.2. The quantitative estimate of drug-likeness (QED) is 0.833. The van der Waals surface area contributed by atoms with E-state index in [0.29, 0.717) is 18.8 Å². The zero-order valence-electron chi connectivity index (χ0n) is 10.3. The van der Waals surface area contributed by atoms with Crippen LogP contribution < -0.4 is 10.2 Å². The van der Waals surface area contributed by atoms with Crippen molar-refractivity contribution in [1.29, 1.82) is 0 Å². The van der Waals surface area contributed by atoms with E-state index in [4.69, 9.17) is 0 Å².